The van der Waals surface area contributed by atoms with Crippen molar-refractivity contribution < 1.29 is 14.6 Å². The number of carbonyl (C=O) groups is 1. The van der Waals surface area contributed by atoms with Crippen molar-refractivity contribution in [2.45, 2.75) is 40.0 Å². The molecular formula is C25H24ClNO3. The van der Waals surface area contributed by atoms with E-state index < -0.39 is 0 Å². The van der Waals surface area contributed by atoms with Crippen LogP contribution in [0.5, 0.6) is 11.6 Å². The van der Waals surface area contributed by atoms with E-state index >= 15 is 0 Å². The molecule has 1 aliphatic carbocycles. The Bertz CT molecular complexity index is 1180. The number of hydrogen-bond donors (Lipinski definition) is 1. The highest BCUT2D eigenvalue weighted by atomic mass is 35.5. The molecule has 1 aliphatic rings. The third-order valence-electron chi connectivity index (χ3n) is 5.43. The van der Waals surface area contributed by atoms with Crippen LogP contribution in [0.3, 0.4) is 0 Å². The number of aliphatic hydroxyl groups is 1. The van der Waals surface area contributed by atoms with Crippen molar-refractivity contribution in [2.24, 2.45) is 5.41 Å². The van der Waals surface area contributed by atoms with Crippen molar-refractivity contribution in [1.82, 2.24) is 4.98 Å². The van der Waals surface area contributed by atoms with E-state index in [2.05, 4.69) is 4.98 Å². The largest absolute Gasteiger partial charge is 0.512 e. The third kappa shape index (κ3) is 4.05. The van der Waals surface area contributed by atoms with Gasteiger partial charge in [0.05, 0.1) is 11.1 Å². The molecule has 154 valence electrons. The number of ether oxygens (including phenoxy) is 1. The maximum absolute atomic E-state index is 12.9. The molecule has 1 N–H and O–H groups in total. The van der Waals surface area contributed by atoms with Crippen LogP contribution in [0.15, 0.2) is 54.3 Å². The Hall–Kier alpha value is -2.85. The monoisotopic (exact) mass is 421 g/mol. The summed E-state index contributed by atoms with van der Waals surface area (Å²) in [7, 11) is 0. The van der Waals surface area contributed by atoms with Gasteiger partial charge >= 0.3 is 0 Å². The van der Waals surface area contributed by atoms with Crippen LogP contribution in [0.1, 0.15) is 44.7 Å². The van der Waals surface area contributed by atoms with Gasteiger partial charge in [-0.2, -0.15) is 0 Å². The van der Waals surface area contributed by atoms with Gasteiger partial charge < -0.3 is 9.84 Å². The fourth-order valence-corrected chi connectivity index (χ4v) is 4.19. The Balaban J connectivity index is 1.71. The topological polar surface area (TPSA) is 59.4 Å². The number of Topliss-reactive ketones (excluding diaryl/α,β-unsaturated/α-hetero) is 1. The van der Waals surface area contributed by atoms with E-state index in [0.29, 0.717) is 35.1 Å². The fraction of sp³-hybridized carbons (Fsp3) is 0.280. The van der Waals surface area contributed by atoms with Crippen LogP contribution in [-0.2, 0) is 11.2 Å². The number of fused-ring (bicyclic) bond motifs is 1. The summed E-state index contributed by atoms with van der Waals surface area (Å²) < 4.78 is 6.00. The summed E-state index contributed by atoms with van der Waals surface area (Å²) in [5.74, 6) is 1.15. The second kappa shape index (κ2) is 7.77. The van der Waals surface area contributed by atoms with Gasteiger partial charge in [0.25, 0.3) is 0 Å². The Kier molecular flexibility index (Phi) is 5.29. The molecule has 1 heterocycles. The van der Waals surface area contributed by atoms with E-state index in [-0.39, 0.29) is 17.0 Å². The molecule has 0 amide bonds. The van der Waals surface area contributed by atoms with E-state index in [1.54, 1.807) is 12.1 Å². The Morgan fingerprint density at radius 2 is 1.90 bits per heavy atom. The number of aromatic nitrogens is 1. The summed E-state index contributed by atoms with van der Waals surface area (Å²) in [6.45, 7) is 6.03. The van der Waals surface area contributed by atoms with Gasteiger partial charge in [-0.1, -0.05) is 38.4 Å². The number of benzene rings is 2. The molecule has 30 heavy (non-hydrogen) atoms. The first kappa shape index (κ1) is 20.4. The molecule has 1 aromatic heterocycles. The third-order valence-corrected chi connectivity index (χ3v) is 5.67. The van der Waals surface area contributed by atoms with Crippen molar-refractivity contribution in [3.8, 4) is 11.6 Å². The minimum Gasteiger partial charge on any atom is -0.512 e. The summed E-state index contributed by atoms with van der Waals surface area (Å²) in [4.78, 5) is 17.4. The fourth-order valence-electron chi connectivity index (χ4n) is 4.01. The molecule has 0 radical (unpaired) electrons. The highest BCUT2D eigenvalue weighted by Gasteiger charge is 2.34. The standard InChI is InChI=1S/C25H24ClNO3/c1-4-15-5-8-18(12-19(15)24-21(28)13-25(2,3)14-22(24)29)30-23-10-6-16-11-17(26)7-9-20(16)27-23/h5-12,28H,4,13-14H2,1-3H3. The van der Waals surface area contributed by atoms with Crippen LogP contribution in [0.2, 0.25) is 5.02 Å². The predicted octanol–water partition coefficient (Wildman–Crippen LogP) is 6.90. The average molecular weight is 422 g/mol. The second-order valence-electron chi connectivity index (χ2n) is 8.52. The molecule has 4 nitrogen and oxygen atoms in total. The molecule has 0 atom stereocenters. The lowest BCUT2D eigenvalue weighted by Crippen LogP contribution is -2.25. The molecule has 3 aromatic rings. The van der Waals surface area contributed by atoms with E-state index in [4.69, 9.17) is 16.3 Å². The minimum absolute atomic E-state index is 0.0312. The molecule has 0 fully saturated rings. The van der Waals surface area contributed by atoms with Gasteiger partial charge in [-0.15, -0.1) is 0 Å². The second-order valence-corrected chi connectivity index (χ2v) is 8.96. The van der Waals surface area contributed by atoms with Crippen molar-refractivity contribution >= 4 is 33.9 Å². The normalized spacial score (nSPS) is 16.2. The molecule has 0 saturated heterocycles. The van der Waals surface area contributed by atoms with Gasteiger partial charge in [-0.3, -0.25) is 4.79 Å². The van der Waals surface area contributed by atoms with E-state index in [9.17, 15) is 9.90 Å². The lowest BCUT2D eigenvalue weighted by atomic mass is 9.74. The molecule has 0 spiro atoms. The number of nitrogens with zero attached hydrogens (tertiary/aromatic N) is 1. The predicted molar refractivity (Wildman–Crippen MR) is 120 cm³/mol. The van der Waals surface area contributed by atoms with Gasteiger partial charge in [0.15, 0.2) is 5.78 Å². The maximum Gasteiger partial charge on any atom is 0.219 e. The summed E-state index contributed by atoms with van der Waals surface area (Å²) >= 11 is 6.04. The lowest BCUT2D eigenvalue weighted by Gasteiger charge is -2.30. The highest BCUT2D eigenvalue weighted by molar-refractivity contribution is 6.31. The Morgan fingerprint density at radius 1 is 1.10 bits per heavy atom. The average Bonchev–Trinajstić information content (AvgIpc) is 2.67. The molecule has 4 rings (SSSR count). The number of aliphatic hydroxyl groups excluding tert-OH is 1. The molecule has 0 unspecified atom stereocenters. The number of ketones is 1. The number of halogens is 1. The summed E-state index contributed by atoms with van der Waals surface area (Å²) in [5.41, 5.74) is 2.70. The van der Waals surface area contributed by atoms with Crippen molar-refractivity contribution in [1.29, 1.82) is 0 Å². The lowest BCUT2D eigenvalue weighted by molar-refractivity contribution is -0.116. The number of pyridine rings is 1. The number of allylic oxidation sites excluding steroid dienone is 2. The van der Waals surface area contributed by atoms with Crippen LogP contribution in [0.25, 0.3) is 16.5 Å². The molecular weight excluding hydrogens is 398 g/mol. The Morgan fingerprint density at radius 3 is 2.63 bits per heavy atom. The van der Waals surface area contributed by atoms with E-state index in [1.165, 1.54) is 0 Å². The van der Waals surface area contributed by atoms with Crippen LogP contribution in [-0.4, -0.2) is 15.9 Å². The van der Waals surface area contributed by atoms with Gasteiger partial charge in [-0.05, 0) is 59.4 Å². The number of hydrogen-bond acceptors (Lipinski definition) is 4. The Labute approximate surface area is 181 Å². The number of aryl methyl sites for hydroxylation is 1. The molecule has 0 saturated carbocycles. The molecule has 2 aromatic carbocycles. The maximum atomic E-state index is 12.9. The van der Waals surface area contributed by atoms with Gasteiger partial charge in [0.1, 0.15) is 11.5 Å². The summed E-state index contributed by atoms with van der Waals surface area (Å²) in [5, 5.41) is 12.3. The molecule has 0 bridgehead atoms. The van der Waals surface area contributed by atoms with E-state index in [1.807, 2.05) is 57.2 Å². The molecule has 0 aliphatic heterocycles. The van der Waals surface area contributed by atoms with Crippen molar-refractivity contribution in [2.75, 3.05) is 0 Å². The molecule has 5 heteroatoms. The first-order chi connectivity index (χ1) is 14.3. The zero-order valence-electron chi connectivity index (χ0n) is 17.3. The van der Waals surface area contributed by atoms with E-state index in [0.717, 1.165) is 28.5 Å². The first-order valence-corrected chi connectivity index (χ1v) is 10.5. The summed E-state index contributed by atoms with van der Waals surface area (Å²) in [6, 6.07) is 14.8. The van der Waals surface area contributed by atoms with Crippen LogP contribution >= 0.6 is 11.6 Å². The van der Waals surface area contributed by atoms with Crippen LogP contribution in [0.4, 0.5) is 0 Å². The zero-order valence-corrected chi connectivity index (χ0v) is 18.1. The van der Waals surface area contributed by atoms with Crippen molar-refractivity contribution in [3.05, 3.63) is 70.4 Å². The van der Waals surface area contributed by atoms with Crippen LogP contribution < -0.4 is 4.74 Å². The SMILES string of the molecule is CCc1ccc(Oc2ccc3cc(Cl)ccc3n2)cc1C1=C(O)CC(C)(C)CC1=O. The number of rotatable bonds is 4. The smallest absolute Gasteiger partial charge is 0.219 e. The highest BCUT2D eigenvalue weighted by Crippen LogP contribution is 2.41. The van der Waals surface area contributed by atoms with Crippen LogP contribution in [0, 0.1) is 5.41 Å². The van der Waals surface area contributed by atoms with Gasteiger partial charge in [0, 0.05) is 29.3 Å². The van der Waals surface area contributed by atoms with Gasteiger partial charge in [0.2, 0.25) is 5.88 Å². The number of carbonyl (C=O) groups excluding carboxylic acids is 1. The first-order valence-electron chi connectivity index (χ1n) is 10.1. The quantitative estimate of drug-likeness (QED) is 0.497. The zero-order chi connectivity index (χ0) is 21.5. The minimum atomic E-state index is -0.233. The van der Waals surface area contributed by atoms with Crippen molar-refractivity contribution in [3.63, 3.8) is 0 Å². The summed E-state index contributed by atoms with van der Waals surface area (Å²) in [6.07, 6.45) is 1.64. The van der Waals surface area contributed by atoms with Gasteiger partial charge in [-0.25, -0.2) is 4.98 Å².